The van der Waals surface area contributed by atoms with Crippen molar-refractivity contribution in [2.45, 2.75) is 26.2 Å². The molecule has 0 fully saturated rings. The highest BCUT2D eigenvalue weighted by atomic mass is 14.4. The number of benzene rings is 2. The van der Waals surface area contributed by atoms with Crippen LogP contribution in [0.3, 0.4) is 0 Å². The third-order valence-electron chi connectivity index (χ3n) is 6.40. The van der Waals surface area contributed by atoms with Gasteiger partial charge in [0.15, 0.2) is 0 Å². The predicted molar refractivity (Wildman–Crippen MR) is 110 cm³/mol. The summed E-state index contributed by atoms with van der Waals surface area (Å²) in [6.45, 7) is 4.60. The van der Waals surface area contributed by atoms with Crippen LogP contribution in [0, 0.1) is 25.7 Å². The number of rotatable bonds is 3. The lowest BCUT2D eigenvalue weighted by molar-refractivity contribution is 0.519. The molecule has 0 radical (unpaired) electrons. The van der Waals surface area contributed by atoms with E-state index in [-0.39, 0.29) is 0 Å². The van der Waals surface area contributed by atoms with Crippen molar-refractivity contribution in [1.82, 2.24) is 0 Å². The first-order valence-electron chi connectivity index (χ1n) is 9.65. The van der Waals surface area contributed by atoms with E-state index in [4.69, 9.17) is 0 Å². The fourth-order valence-electron chi connectivity index (χ4n) is 5.02. The van der Waals surface area contributed by atoms with Gasteiger partial charge in [0.1, 0.15) is 0 Å². The maximum atomic E-state index is 2.41. The molecular formula is C26H24. The van der Waals surface area contributed by atoms with E-state index in [0.717, 1.165) is 6.42 Å². The first-order chi connectivity index (χ1) is 12.7. The van der Waals surface area contributed by atoms with E-state index in [0.29, 0.717) is 17.8 Å². The van der Waals surface area contributed by atoms with Crippen LogP contribution in [0.4, 0.5) is 0 Å². The number of hydrogen-bond donors (Lipinski definition) is 0. The van der Waals surface area contributed by atoms with Crippen molar-refractivity contribution in [1.29, 1.82) is 0 Å². The molecule has 3 aliphatic rings. The van der Waals surface area contributed by atoms with Gasteiger partial charge in [0, 0.05) is 17.8 Å². The molecule has 2 aromatic rings. The van der Waals surface area contributed by atoms with Crippen molar-refractivity contribution < 1.29 is 0 Å². The molecule has 0 unspecified atom stereocenters. The summed E-state index contributed by atoms with van der Waals surface area (Å²) in [5.74, 6) is 1.42. The minimum absolute atomic E-state index is 0.473. The Morgan fingerprint density at radius 1 is 0.808 bits per heavy atom. The Bertz CT molecular complexity index is 945. The first kappa shape index (κ1) is 15.6. The normalized spacial score (nSPS) is 17.7. The second kappa shape index (κ2) is 5.99. The average molecular weight is 336 g/mol. The third kappa shape index (κ3) is 2.29. The molecule has 0 atom stereocenters. The topological polar surface area (TPSA) is 0 Å². The number of fused-ring (bicyclic) bond motifs is 3. The zero-order valence-corrected chi connectivity index (χ0v) is 15.4. The molecule has 0 bridgehead atoms. The summed E-state index contributed by atoms with van der Waals surface area (Å²) in [6, 6.07) is 11.3. The summed E-state index contributed by atoms with van der Waals surface area (Å²) >= 11 is 0. The van der Waals surface area contributed by atoms with Gasteiger partial charge < -0.3 is 0 Å². The fourth-order valence-corrected chi connectivity index (χ4v) is 5.02. The second-order valence-electron chi connectivity index (χ2n) is 7.81. The molecule has 0 amide bonds. The molecular weight excluding hydrogens is 312 g/mol. The van der Waals surface area contributed by atoms with Crippen molar-refractivity contribution in [3.63, 3.8) is 0 Å². The smallest absolute Gasteiger partial charge is 0.00396 e. The summed E-state index contributed by atoms with van der Waals surface area (Å²) < 4.78 is 0. The lowest BCUT2D eigenvalue weighted by Crippen LogP contribution is -2.19. The summed E-state index contributed by atoms with van der Waals surface area (Å²) in [5.41, 5.74) is 10.4. The highest BCUT2D eigenvalue weighted by Gasteiger charge is 2.33. The van der Waals surface area contributed by atoms with Gasteiger partial charge in [-0.05, 0) is 59.2 Å². The van der Waals surface area contributed by atoms with Crippen LogP contribution >= 0.6 is 0 Å². The van der Waals surface area contributed by atoms with Crippen molar-refractivity contribution in [3.8, 4) is 11.1 Å². The Hall–Kier alpha value is -2.60. The summed E-state index contributed by atoms with van der Waals surface area (Å²) in [4.78, 5) is 0. The van der Waals surface area contributed by atoms with Gasteiger partial charge >= 0.3 is 0 Å². The van der Waals surface area contributed by atoms with Crippen molar-refractivity contribution in [3.05, 3.63) is 107 Å². The van der Waals surface area contributed by atoms with Crippen LogP contribution in [0.25, 0.3) is 11.1 Å². The van der Waals surface area contributed by atoms with E-state index in [1.54, 1.807) is 11.1 Å². The zero-order chi connectivity index (χ0) is 17.7. The molecule has 0 spiro atoms. The van der Waals surface area contributed by atoms with Gasteiger partial charge in [0.05, 0.1) is 0 Å². The van der Waals surface area contributed by atoms with Gasteiger partial charge in [-0.3, -0.25) is 0 Å². The lowest BCUT2D eigenvalue weighted by atomic mass is 9.73. The van der Waals surface area contributed by atoms with Crippen LogP contribution in [-0.2, 0) is 6.42 Å². The molecule has 0 aliphatic heterocycles. The van der Waals surface area contributed by atoms with Gasteiger partial charge in [-0.1, -0.05) is 78.9 Å². The van der Waals surface area contributed by atoms with Crippen LogP contribution in [0.1, 0.15) is 33.7 Å². The number of aryl methyl sites for hydroxylation is 1. The van der Waals surface area contributed by atoms with Gasteiger partial charge in [-0.15, -0.1) is 0 Å². The number of allylic oxidation sites excluding steroid dienone is 8. The Morgan fingerprint density at radius 2 is 1.42 bits per heavy atom. The molecule has 3 aliphatic carbocycles. The minimum Gasteiger partial charge on any atom is -0.0770 e. The van der Waals surface area contributed by atoms with E-state index in [1.165, 1.54) is 27.8 Å². The number of hydrogen-bond acceptors (Lipinski definition) is 0. The molecule has 0 saturated carbocycles. The monoisotopic (exact) mass is 336 g/mol. The molecule has 0 saturated heterocycles. The van der Waals surface area contributed by atoms with Crippen molar-refractivity contribution in [2.75, 3.05) is 0 Å². The maximum absolute atomic E-state index is 2.41. The molecule has 0 aromatic heterocycles. The molecule has 26 heavy (non-hydrogen) atoms. The van der Waals surface area contributed by atoms with E-state index in [1.807, 2.05) is 0 Å². The average Bonchev–Trinajstić information content (AvgIpc) is 3.40. The maximum Gasteiger partial charge on any atom is 0.00396 e. The molecule has 128 valence electrons. The van der Waals surface area contributed by atoms with Crippen LogP contribution in [0.2, 0.25) is 0 Å². The van der Waals surface area contributed by atoms with Crippen LogP contribution in [0.15, 0.2) is 78.9 Å². The molecule has 0 nitrogen and oxygen atoms in total. The van der Waals surface area contributed by atoms with E-state index in [2.05, 4.69) is 92.8 Å². The summed E-state index contributed by atoms with van der Waals surface area (Å²) in [7, 11) is 0. The van der Waals surface area contributed by atoms with E-state index in [9.17, 15) is 0 Å². The quantitative estimate of drug-likeness (QED) is 0.516. The Morgan fingerprint density at radius 3 is 2.08 bits per heavy atom. The third-order valence-corrected chi connectivity index (χ3v) is 6.40. The van der Waals surface area contributed by atoms with Gasteiger partial charge in [-0.2, -0.15) is 0 Å². The first-order valence-corrected chi connectivity index (χ1v) is 9.65. The van der Waals surface area contributed by atoms with Gasteiger partial charge in [0.25, 0.3) is 0 Å². The Balaban J connectivity index is 1.74. The van der Waals surface area contributed by atoms with Crippen LogP contribution in [0.5, 0.6) is 0 Å². The van der Waals surface area contributed by atoms with Gasteiger partial charge in [0.2, 0.25) is 0 Å². The van der Waals surface area contributed by atoms with Crippen molar-refractivity contribution >= 4 is 0 Å². The highest BCUT2D eigenvalue weighted by molar-refractivity contribution is 5.80. The molecule has 0 heterocycles. The highest BCUT2D eigenvalue weighted by Crippen LogP contribution is 2.48. The van der Waals surface area contributed by atoms with E-state index < -0.39 is 0 Å². The van der Waals surface area contributed by atoms with Crippen molar-refractivity contribution in [2.24, 2.45) is 11.8 Å². The Kier molecular flexibility index (Phi) is 3.60. The Labute approximate surface area is 156 Å². The molecule has 2 aromatic carbocycles. The zero-order valence-electron chi connectivity index (χ0n) is 15.4. The SMILES string of the molecule is Cc1cc2c(c(C(C3C=CC=C3)C3C=CC=C3)c1C)Cc1ccccc1-2. The van der Waals surface area contributed by atoms with Crippen LogP contribution in [-0.4, -0.2) is 0 Å². The molecule has 0 heteroatoms. The largest absolute Gasteiger partial charge is 0.0770 e. The molecule has 0 N–H and O–H groups in total. The predicted octanol–water partition coefficient (Wildman–Crippen LogP) is 6.44. The second-order valence-corrected chi connectivity index (χ2v) is 7.81. The summed E-state index contributed by atoms with van der Waals surface area (Å²) in [5, 5.41) is 0. The molecule has 5 rings (SSSR count). The fraction of sp³-hybridized carbons (Fsp3) is 0.231. The minimum atomic E-state index is 0.473. The summed E-state index contributed by atoms with van der Waals surface area (Å²) in [6.07, 6.45) is 19.4. The van der Waals surface area contributed by atoms with Crippen LogP contribution < -0.4 is 0 Å². The lowest BCUT2D eigenvalue weighted by Gasteiger charge is -2.30. The van der Waals surface area contributed by atoms with E-state index >= 15 is 0 Å². The standard InChI is InChI=1S/C26H24/c1-17-15-23-22-14-8-7-13-21(22)16-24(23)25(18(17)2)26(19-9-3-4-10-19)20-11-5-6-12-20/h3-15,19-20,26H,16H2,1-2H3. The van der Waals surface area contributed by atoms with Gasteiger partial charge in [-0.25, -0.2) is 0 Å².